The van der Waals surface area contributed by atoms with E-state index >= 15 is 0 Å². The van der Waals surface area contributed by atoms with Crippen LogP contribution in [0.4, 0.5) is 0 Å². The van der Waals surface area contributed by atoms with Gasteiger partial charge in [0.05, 0.1) is 22.8 Å². The van der Waals surface area contributed by atoms with Crippen LogP contribution in [0.1, 0.15) is 202 Å². The van der Waals surface area contributed by atoms with Gasteiger partial charge in [0, 0.05) is 66.3 Å². The van der Waals surface area contributed by atoms with Crippen LogP contribution in [0.25, 0.3) is 90.9 Å². The minimum atomic E-state index is -4.56. The summed E-state index contributed by atoms with van der Waals surface area (Å²) in [4.78, 5) is 246. The molecule has 7 aromatic rings. The monoisotopic (exact) mass is 1950 g/mol. The number of carbonyl (C=O) groups excluding carboxylic acids is 16. The van der Waals surface area contributed by atoms with Gasteiger partial charge in [0.2, 0.25) is 0 Å². The third kappa shape index (κ3) is 14.4. The molecule has 8 unspecified atom stereocenters. The van der Waals surface area contributed by atoms with Crippen LogP contribution in [0.2, 0.25) is 0 Å². The molecule has 6 aliphatic heterocycles. The molecule has 4 saturated heterocycles. The highest BCUT2D eigenvalue weighted by Crippen LogP contribution is 2.60. The van der Waals surface area contributed by atoms with Gasteiger partial charge < -0.3 is 111 Å². The first-order valence-corrected chi connectivity index (χ1v) is 41.3. The highest BCUT2D eigenvalue weighted by atomic mass is 16.6. The van der Waals surface area contributed by atoms with E-state index in [2.05, 4.69) is 9.97 Å². The van der Waals surface area contributed by atoms with Crippen LogP contribution in [0, 0.1) is 0 Å². The summed E-state index contributed by atoms with van der Waals surface area (Å²) >= 11 is 0. The lowest BCUT2D eigenvalue weighted by atomic mass is 9.57. The topological polar surface area (TPSA) is 691 Å². The molecular weight excluding hydrogens is 1830 g/mol. The second kappa shape index (κ2) is 35.9. The number of aliphatic hydroxyl groups excluding tert-OH is 4. The molecule has 0 aliphatic carbocycles. The molecule has 738 valence electrons. The van der Waals surface area contributed by atoms with Gasteiger partial charge in [-0.05, 0) is 228 Å². The Kier molecular flexibility index (Phi) is 21.6. The van der Waals surface area contributed by atoms with Crippen molar-refractivity contribution in [3.05, 3.63) is 166 Å². The molecule has 0 amide bonds. The predicted octanol–water partition coefficient (Wildman–Crippen LogP) is 0.724. The Morgan fingerprint density at radius 1 is 0.264 bits per heavy atom. The molecule has 18 N–H and O–H groups in total. The number of hydrogen-bond donors (Lipinski definition) is 18. The average molecular weight is 1950 g/mol. The Labute approximate surface area is 817 Å². The van der Waals surface area contributed by atoms with Crippen LogP contribution < -0.4 is 0 Å². The highest BCUT2D eigenvalue weighted by molar-refractivity contribution is 6.11. The van der Waals surface area contributed by atoms with E-state index in [0.29, 0.717) is 0 Å². The van der Waals surface area contributed by atoms with Gasteiger partial charge in [-0.2, -0.15) is 0 Å². The molecule has 6 aliphatic rings. The van der Waals surface area contributed by atoms with Crippen molar-refractivity contribution in [2.24, 2.45) is 0 Å². The molecule has 140 heavy (non-hydrogen) atoms. The van der Waals surface area contributed by atoms with E-state index in [0.717, 1.165) is 72.8 Å². The molecule has 40 heteroatoms. The highest BCUT2D eigenvalue weighted by Gasteiger charge is 2.84. The SMILES string of the molecule is [2H]CC(=O)C(O)[C@H]1OC(c2cccc(-c3c4nc(c(-c5cccc(C6O[C@H](C(O)C(=O)C[2H])[C@](O)(C(=O)C[2H])[C@@](O)(C(=O)C[2H])[C@]6(O)C(=O)C[2H])c5)c5ccc([nH]5)c(-c5cccc(C6O[C@H](C(O)C(=O)C[2H])[C@](O)(C(=O)C[2H])[C@@](O)(C(=O)C[2H])[C@]6(O)C(=O)C[2H])c5)c5nc(c(-c6cccc(C7O[C@H](C(O)C(=O)C[2H])[C@](O)(C(=O)C[2H])[C@@](O)(C(=O)C[2H])[C@]7(O)C(=O)C[2H])c6)c6ccc3[nH]6)C=C5)C=C4)c2)[C@@](O)(C(=O)C[2H])[C@](O)(C(=O)C[2H])[C@@]1(O)C(=O)C[2H]. The summed E-state index contributed by atoms with van der Waals surface area (Å²) in [5.41, 5.74) is -61.4. The van der Waals surface area contributed by atoms with Crippen molar-refractivity contribution in [1.82, 2.24) is 19.9 Å². The maximum atomic E-state index is 14.9. The van der Waals surface area contributed by atoms with E-state index in [4.69, 9.17) is 50.8 Å². The number of carbonyl (C=O) groups is 16. The fourth-order valence-corrected chi connectivity index (χ4v) is 19.7. The minimum absolute atomic E-state index is 0.306. The Balaban J connectivity index is 1.24. The summed E-state index contributed by atoms with van der Waals surface area (Å²) in [6, 6.07) is 21.6. The second-order valence-electron chi connectivity index (χ2n) is 34.4. The first-order chi connectivity index (χ1) is 73.5. The van der Waals surface area contributed by atoms with Gasteiger partial charge >= 0.3 is 0 Å². The Morgan fingerprint density at radius 3 is 0.614 bits per heavy atom. The van der Waals surface area contributed by atoms with Crippen molar-refractivity contribution in [3.8, 4) is 44.5 Å². The number of ketones is 16. The third-order valence-corrected chi connectivity index (χ3v) is 26.9. The molecule has 13 rings (SSSR count). The molecule has 3 aromatic heterocycles. The zero-order chi connectivity index (χ0) is 116. The lowest BCUT2D eigenvalue weighted by Gasteiger charge is -2.58. The molecule has 0 saturated carbocycles. The maximum Gasteiger partial charge on any atom is 0.200 e. The summed E-state index contributed by atoms with van der Waals surface area (Å²) < 4.78 is 155. The van der Waals surface area contributed by atoms with Crippen molar-refractivity contribution in [3.63, 3.8) is 0 Å². The second-order valence-corrected chi connectivity index (χ2v) is 34.4. The first-order valence-electron chi connectivity index (χ1n) is 52.6. The standard InChI is InChI=1S/C100H102N4O36/c1-41(105)77(121)85-93(129,49(9)113)97(133,53(13)117)89(125,45(5)109)81(137-85)61-25-17-21-57(37-61)73-65-29-31-67(101-65)74(58-22-18-26-62(38-58)82-90(126,46(6)110)98(134,54(14)118)94(130,50(10)114)86(138-82)78(122)42(2)106)69-33-35-71(103-69)76(60-24-20-28-64(40-60)84-92(128,48(8)112)100(136,56(16)120)96(132,52(12)116)88(140-84)80(124)44(4)108)72-36-34-70(104-72)75(68-32-30-66(73)102-68)59-23-19-27-63(39-59)83-91(127,47(7)111)99(135,55(15)119)95(131,51(11)115)87(139-83)79(123)43(3)107/h17-40,77-88,101,104,121-136H,1-16H3/t77?,78?,79?,80?,81?,82?,83?,84?,85-,86-,87-,88-,89+,90+,91+,92+,93-,94-,95-,96-,97-,98-,99-,100-/m1/s1/i1D,2D,3D,4D,5D,6D,7D,8D,9D,10D,11D,12D,13D,14D,15D,16D. The van der Waals surface area contributed by atoms with E-state index in [-0.39, 0.29) is 66.6 Å². The minimum Gasteiger partial charge on any atom is -0.382 e. The van der Waals surface area contributed by atoms with E-state index in [1.165, 1.54) is 72.8 Å². The molecule has 4 aromatic carbocycles. The molecule has 9 heterocycles. The Morgan fingerprint density at radius 2 is 0.443 bits per heavy atom. The number of ether oxygens (including phenoxy) is 4. The Hall–Kier alpha value is -12.6. The summed E-state index contributed by atoms with van der Waals surface area (Å²) in [7, 11) is 0. The van der Waals surface area contributed by atoms with Gasteiger partial charge in [-0.1, -0.05) is 72.8 Å². The zero-order valence-corrected chi connectivity index (χ0v) is 73.3. The number of nitrogens with zero attached hydrogens (tertiary/aromatic N) is 2. The predicted molar refractivity (Wildman–Crippen MR) is 485 cm³/mol. The lowest BCUT2D eigenvalue weighted by Crippen LogP contribution is -2.85. The van der Waals surface area contributed by atoms with Crippen molar-refractivity contribution in [1.29, 1.82) is 0 Å². The number of aliphatic hydroxyl groups is 16. The third-order valence-electron chi connectivity index (χ3n) is 26.9. The molecule has 0 spiro atoms. The number of aromatic amines is 2. The number of nitrogens with one attached hydrogen (secondary N) is 2. The number of rotatable bonds is 28. The van der Waals surface area contributed by atoms with Crippen molar-refractivity contribution >= 4 is 139 Å². The largest absolute Gasteiger partial charge is 0.382 e. The molecule has 4 fully saturated rings. The zero-order valence-electron chi connectivity index (χ0n) is 89.3. The van der Waals surface area contributed by atoms with Gasteiger partial charge in [0.1, 0.15) is 73.2 Å². The van der Waals surface area contributed by atoms with Crippen LogP contribution in [0.5, 0.6) is 0 Å². The summed E-state index contributed by atoms with van der Waals surface area (Å²) in [5.74, 6) is -31.7. The van der Waals surface area contributed by atoms with E-state index in [9.17, 15) is 158 Å². The van der Waals surface area contributed by atoms with Gasteiger partial charge in [0.25, 0.3) is 0 Å². The molecule has 40 nitrogen and oxygen atoms in total. The lowest BCUT2D eigenvalue weighted by molar-refractivity contribution is -0.329. The smallest absolute Gasteiger partial charge is 0.200 e. The summed E-state index contributed by atoms with van der Waals surface area (Å²) in [5, 5.41) is 204. The number of hydrogen-bond acceptors (Lipinski definition) is 38. The number of H-pyrrole nitrogens is 2. The van der Waals surface area contributed by atoms with Crippen LogP contribution in [0.15, 0.2) is 121 Å². The van der Waals surface area contributed by atoms with Gasteiger partial charge in [-0.15, -0.1) is 0 Å². The average Bonchev–Trinajstić information content (AvgIpc) is 1.31. The van der Waals surface area contributed by atoms with Crippen LogP contribution in [-0.4, -0.2) is 310 Å². The maximum absolute atomic E-state index is 14.9. The molecular formula is C100H102N4O36. The van der Waals surface area contributed by atoms with Crippen LogP contribution >= 0.6 is 0 Å². The summed E-state index contributed by atoms with van der Waals surface area (Å²) in [6.07, 6.45) is -31.6. The molecule has 0 radical (unpaired) electrons. The summed E-state index contributed by atoms with van der Waals surface area (Å²) in [6.45, 7) is -27.0. The van der Waals surface area contributed by atoms with Crippen molar-refractivity contribution < 1.29 is 199 Å². The number of aromatic nitrogens is 4. The quantitative estimate of drug-likeness (QED) is 0.0321. The number of Topliss-reactive ketones (excluding diaryl/α,β-unsaturated/α-hetero) is 16. The van der Waals surface area contributed by atoms with E-state index < -0.39 is 388 Å². The van der Waals surface area contributed by atoms with Crippen LogP contribution in [0.3, 0.4) is 0 Å². The molecule has 24 atom stereocenters. The van der Waals surface area contributed by atoms with E-state index in [1.807, 2.05) is 0 Å². The molecule has 8 bridgehead atoms. The van der Waals surface area contributed by atoms with Gasteiger partial charge in [-0.25, -0.2) is 9.97 Å². The number of fused-ring (bicyclic) bond motifs is 8. The van der Waals surface area contributed by atoms with Crippen molar-refractivity contribution in [2.45, 2.75) is 251 Å². The number of benzene rings is 4. The van der Waals surface area contributed by atoms with Crippen molar-refractivity contribution in [2.75, 3.05) is 0 Å². The first kappa shape index (κ1) is 84.3. The van der Waals surface area contributed by atoms with Gasteiger partial charge in [0.15, 0.2) is 160 Å². The fraction of sp³-hybridized carbons (Fsp3) is 0.400. The normalized spacial score (nSPS) is 33.7. The van der Waals surface area contributed by atoms with Crippen LogP contribution in [-0.2, 0) is 95.7 Å². The van der Waals surface area contributed by atoms with E-state index in [1.54, 1.807) is 0 Å². The van der Waals surface area contributed by atoms with Gasteiger partial charge in [-0.3, -0.25) is 76.7 Å². The Bertz CT molecular complexity index is 6420. The fourth-order valence-electron chi connectivity index (χ4n) is 19.7.